The lowest BCUT2D eigenvalue weighted by Crippen LogP contribution is -2.06. The Morgan fingerprint density at radius 1 is 1.53 bits per heavy atom. The van der Waals surface area contributed by atoms with Crippen LogP contribution in [-0.2, 0) is 13.6 Å². The van der Waals surface area contributed by atoms with Gasteiger partial charge in [0, 0.05) is 13.2 Å². The molecule has 5 nitrogen and oxygen atoms in total. The second-order valence-corrected chi connectivity index (χ2v) is 4.72. The third kappa shape index (κ3) is 2.93. The van der Waals surface area contributed by atoms with E-state index >= 15 is 0 Å². The molecule has 100 valence electrons. The highest BCUT2D eigenvalue weighted by atomic mass is 79.9. The van der Waals surface area contributed by atoms with Gasteiger partial charge >= 0.3 is 5.97 Å². The van der Waals surface area contributed by atoms with Crippen molar-refractivity contribution in [2.45, 2.75) is 6.54 Å². The molecule has 0 amide bonds. The van der Waals surface area contributed by atoms with Gasteiger partial charge in [-0.1, -0.05) is 0 Å². The molecule has 7 heteroatoms. The summed E-state index contributed by atoms with van der Waals surface area (Å²) in [5.74, 6) is -1.81. The van der Waals surface area contributed by atoms with Gasteiger partial charge < -0.3 is 10.4 Å². The van der Waals surface area contributed by atoms with Crippen molar-refractivity contribution < 1.29 is 14.3 Å². The third-order valence-electron chi connectivity index (χ3n) is 2.54. The second kappa shape index (κ2) is 5.40. The lowest BCUT2D eigenvalue weighted by atomic mass is 10.2. The lowest BCUT2D eigenvalue weighted by Gasteiger charge is -2.09. The molecule has 0 bridgehead atoms. The summed E-state index contributed by atoms with van der Waals surface area (Å²) in [5.41, 5.74) is 0.878. The first-order valence-corrected chi connectivity index (χ1v) is 6.22. The maximum absolute atomic E-state index is 13.9. The zero-order chi connectivity index (χ0) is 14.0. The van der Waals surface area contributed by atoms with E-state index in [0.29, 0.717) is 6.54 Å². The number of benzene rings is 1. The van der Waals surface area contributed by atoms with Gasteiger partial charge in [-0.15, -0.1) is 0 Å². The maximum atomic E-state index is 13.9. The molecular weight excluding hydrogens is 317 g/mol. The average molecular weight is 328 g/mol. The SMILES string of the molecule is Cn1ccc(CNc2ccc(C(=O)O)c(Br)c2F)n1. The zero-order valence-corrected chi connectivity index (χ0v) is 11.6. The molecule has 2 aromatic rings. The molecule has 0 spiro atoms. The van der Waals surface area contributed by atoms with E-state index in [9.17, 15) is 9.18 Å². The summed E-state index contributed by atoms with van der Waals surface area (Å²) in [4.78, 5) is 10.8. The number of nitrogens with one attached hydrogen (secondary N) is 1. The Kier molecular flexibility index (Phi) is 3.84. The van der Waals surface area contributed by atoms with Crippen LogP contribution in [-0.4, -0.2) is 20.9 Å². The number of aromatic nitrogens is 2. The number of anilines is 1. The molecule has 0 unspecified atom stereocenters. The number of hydrogen-bond donors (Lipinski definition) is 2. The van der Waals surface area contributed by atoms with Crippen LogP contribution in [0.15, 0.2) is 28.9 Å². The molecule has 19 heavy (non-hydrogen) atoms. The van der Waals surface area contributed by atoms with Crippen LogP contribution in [0.25, 0.3) is 0 Å². The molecular formula is C12H11BrFN3O2. The number of aryl methyl sites for hydroxylation is 1. The molecule has 0 fully saturated rings. The molecule has 1 heterocycles. The molecule has 0 aliphatic carbocycles. The first kappa shape index (κ1) is 13.5. The molecule has 0 aliphatic rings. The first-order chi connectivity index (χ1) is 8.99. The van der Waals surface area contributed by atoms with Crippen LogP contribution in [0.4, 0.5) is 10.1 Å². The van der Waals surface area contributed by atoms with Gasteiger partial charge in [0.15, 0.2) is 5.82 Å². The molecule has 0 saturated heterocycles. The van der Waals surface area contributed by atoms with Crippen molar-refractivity contribution >= 4 is 27.6 Å². The Hall–Kier alpha value is -1.89. The van der Waals surface area contributed by atoms with Crippen LogP contribution < -0.4 is 5.32 Å². The van der Waals surface area contributed by atoms with Gasteiger partial charge in [0.25, 0.3) is 0 Å². The van der Waals surface area contributed by atoms with Crippen LogP contribution >= 0.6 is 15.9 Å². The minimum Gasteiger partial charge on any atom is -0.478 e. The summed E-state index contributed by atoms with van der Waals surface area (Å²) in [6, 6.07) is 4.55. The second-order valence-electron chi connectivity index (χ2n) is 3.93. The fourth-order valence-corrected chi connectivity index (χ4v) is 2.11. The Balaban J connectivity index is 2.17. The van der Waals surface area contributed by atoms with Crippen LogP contribution in [0.1, 0.15) is 16.1 Å². The quantitative estimate of drug-likeness (QED) is 0.905. The van der Waals surface area contributed by atoms with Crippen LogP contribution in [0.5, 0.6) is 0 Å². The summed E-state index contributed by atoms with van der Waals surface area (Å²) in [6.07, 6.45) is 1.79. The highest BCUT2D eigenvalue weighted by Gasteiger charge is 2.15. The number of hydrogen-bond acceptors (Lipinski definition) is 3. The van der Waals surface area contributed by atoms with Crippen molar-refractivity contribution in [3.8, 4) is 0 Å². The molecule has 2 rings (SSSR count). The van der Waals surface area contributed by atoms with Crippen molar-refractivity contribution in [1.29, 1.82) is 0 Å². The smallest absolute Gasteiger partial charge is 0.336 e. The fraction of sp³-hybridized carbons (Fsp3) is 0.167. The first-order valence-electron chi connectivity index (χ1n) is 5.42. The molecule has 0 saturated carbocycles. The van der Waals surface area contributed by atoms with Crippen LogP contribution in [0.2, 0.25) is 0 Å². The number of halogens is 2. The molecule has 0 radical (unpaired) electrons. The van der Waals surface area contributed by atoms with Crippen molar-refractivity contribution in [3.63, 3.8) is 0 Å². The van der Waals surface area contributed by atoms with E-state index in [0.717, 1.165) is 5.69 Å². The predicted molar refractivity (Wildman–Crippen MR) is 71.6 cm³/mol. The molecule has 1 aromatic carbocycles. The van der Waals surface area contributed by atoms with Crippen LogP contribution in [0, 0.1) is 5.82 Å². The standard InChI is InChI=1S/C12H11BrFN3O2/c1-17-5-4-7(16-17)6-15-9-3-2-8(12(18)19)10(13)11(9)14/h2-5,15H,6H2,1H3,(H,18,19). The topological polar surface area (TPSA) is 67.2 Å². The van der Waals surface area contributed by atoms with E-state index < -0.39 is 11.8 Å². The van der Waals surface area contributed by atoms with Gasteiger partial charge in [0.1, 0.15) is 0 Å². The van der Waals surface area contributed by atoms with Crippen molar-refractivity contribution in [2.75, 3.05) is 5.32 Å². The van der Waals surface area contributed by atoms with Gasteiger partial charge in [-0.05, 0) is 34.1 Å². The van der Waals surface area contributed by atoms with E-state index in [4.69, 9.17) is 5.11 Å². The highest BCUT2D eigenvalue weighted by molar-refractivity contribution is 9.10. The van der Waals surface area contributed by atoms with Gasteiger partial charge in [-0.3, -0.25) is 4.68 Å². The zero-order valence-electron chi connectivity index (χ0n) is 10.0. The maximum Gasteiger partial charge on any atom is 0.336 e. The van der Waals surface area contributed by atoms with Gasteiger partial charge in [-0.2, -0.15) is 5.10 Å². The van der Waals surface area contributed by atoms with Crippen molar-refractivity contribution in [2.24, 2.45) is 7.05 Å². The Morgan fingerprint density at radius 3 is 2.84 bits per heavy atom. The highest BCUT2D eigenvalue weighted by Crippen LogP contribution is 2.27. The van der Waals surface area contributed by atoms with Crippen LogP contribution in [0.3, 0.4) is 0 Å². The van der Waals surface area contributed by atoms with E-state index in [1.807, 2.05) is 6.07 Å². The van der Waals surface area contributed by atoms with Crippen molar-refractivity contribution in [3.05, 3.63) is 45.9 Å². The number of aromatic carboxylic acids is 1. The predicted octanol–water partition coefficient (Wildman–Crippen LogP) is 2.63. The van der Waals surface area contributed by atoms with Gasteiger partial charge in [0.05, 0.1) is 28.0 Å². The average Bonchev–Trinajstić information content (AvgIpc) is 2.76. The van der Waals surface area contributed by atoms with E-state index in [1.165, 1.54) is 12.1 Å². The monoisotopic (exact) mass is 327 g/mol. The summed E-state index contributed by atoms with van der Waals surface area (Å²) in [7, 11) is 1.79. The third-order valence-corrected chi connectivity index (χ3v) is 3.32. The Labute approximate surface area is 117 Å². The van der Waals surface area contributed by atoms with Crippen molar-refractivity contribution in [1.82, 2.24) is 9.78 Å². The van der Waals surface area contributed by atoms with Gasteiger partial charge in [0.2, 0.25) is 0 Å². The van der Waals surface area contributed by atoms with E-state index in [1.54, 1.807) is 17.9 Å². The number of carbonyl (C=O) groups is 1. The summed E-state index contributed by atoms with van der Waals surface area (Å²) < 4.78 is 15.5. The largest absolute Gasteiger partial charge is 0.478 e. The normalized spacial score (nSPS) is 10.5. The summed E-state index contributed by atoms with van der Waals surface area (Å²) >= 11 is 2.95. The lowest BCUT2D eigenvalue weighted by molar-refractivity contribution is 0.0695. The number of rotatable bonds is 4. The number of carboxylic acids is 1. The van der Waals surface area contributed by atoms with E-state index in [2.05, 4.69) is 26.3 Å². The molecule has 0 aliphatic heterocycles. The minimum atomic E-state index is -1.18. The number of carboxylic acid groups (broad SMARTS) is 1. The van der Waals surface area contributed by atoms with E-state index in [-0.39, 0.29) is 15.7 Å². The fourth-order valence-electron chi connectivity index (χ4n) is 1.59. The summed E-state index contributed by atoms with van der Waals surface area (Å²) in [6.45, 7) is 0.358. The number of nitrogens with zero attached hydrogens (tertiary/aromatic N) is 2. The molecule has 1 aromatic heterocycles. The summed E-state index contributed by atoms with van der Waals surface area (Å²) in [5, 5.41) is 15.9. The minimum absolute atomic E-state index is 0.0639. The van der Waals surface area contributed by atoms with Gasteiger partial charge in [-0.25, -0.2) is 9.18 Å². The molecule has 2 N–H and O–H groups in total. The Morgan fingerprint density at radius 2 is 2.26 bits per heavy atom. The Bertz CT molecular complexity index is 627. The molecule has 0 atom stereocenters.